The standard InChI is InChI=1S/C57H34BN5O2/c1-2-15-35(16-3-1)55-59-56(36-17-14-18-38(31-36)62-46-24-9-4-19-40(46)41-20-5-10-25-47(41)62)61-57(60-55)37-29-30-49-43(32-37)42-21-6-11-26-48(42)63(49)39-33-52-54-53(34-39)65-51-28-13-8-23-45(51)58(54)44-22-7-12-27-50(44)64-52/h1-34H. The average Bonchev–Trinajstić information content (AvgIpc) is 3.89. The molecule has 0 amide bonds. The van der Waals surface area contributed by atoms with E-state index in [0.717, 1.165) is 100 Å². The van der Waals surface area contributed by atoms with Gasteiger partial charge in [0.2, 0.25) is 0 Å². The molecule has 3 aromatic heterocycles. The molecule has 302 valence electrons. The molecular weight excluding hydrogens is 797 g/mol. The number of aromatic nitrogens is 5. The highest BCUT2D eigenvalue weighted by atomic mass is 16.5. The van der Waals surface area contributed by atoms with Gasteiger partial charge in [0.25, 0.3) is 6.71 Å². The average molecular weight is 832 g/mol. The maximum absolute atomic E-state index is 6.72. The lowest BCUT2D eigenvalue weighted by Crippen LogP contribution is -2.57. The second-order valence-electron chi connectivity index (χ2n) is 16.7. The van der Waals surface area contributed by atoms with E-state index >= 15 is 0 Å². The number of benzene rings is 9. The molecule has 2 aliphatic heterocycles. The fraction of sp³-hybridized carbons (Fsp3) is 0. The number of fused-ring (bicyclic) bond motifs is 10. The highest BCUT2D eigenvalue weighted by molar-refractivity contribution is 6.98. The molecule has 0 aliphatic carbocycles. The summed E-state index contributed by atoms with van der Waals surface area (Å²) in [6, 6.07) is 71.9. The first kappa shape index (κ1) is 35.8. The summed E-state index contributed by atoms with van der Waals surface area (Å²) in [4.78, 5) is 15.5. The molecule has 2 aliphatic rings. The molecule has 14 rings (SSSR count). The summed E-state index contributed by atoms with van der Waals surface area (Å²) in [6.07, 6.45) is 0. The van der Waals surface area contributed by atoms with E-state index in [0.29, 0.717) is 17.5 Å². The van der Waals surface area contributed by atoms with Crippen LogP contribution in [0.2, 0.25) is 0 Å². The van der Waals surface area contributed by atoms with E-state index in [2.05, 4.69) is 173 Å². The summed E-state index contributed by atoms with van der Waals surface area (Å²) < 4.78 is 18.1. The Labute approximate surface area is 373 Å². The number of para-hydroxylation sites is 5. The van der Waals surface area contributed by atoms with Crippen molar-refractivity contribution in [1.82, 2.24) is 24.1 Å². The molecule has 5 heterocycles. The summed E-state index contributed by atoms with van der Waals surface area (Å²) in [7, 11) is 0. The van der Waals surface area contributed by atoms with Gasteiger partial charge >= 0.3 is 0 Å². The first-order valence-electron chi connectivity index (χ1n) is 21.9. The Morgan fingerprint density at radius 3 is 1.40 bits per heavy atom. The van der Waals surface area contributed by atoms with Crippen LogP contribution in [0, 0.1) is 0 Å². The fourth-order valence-electron chi connectivity index (χ4n) is 10.2. The SMILES string of the molecule is c1ccc(-c2nc(-c3cccc(-n4c5ccccc5c5ccccc54)c3)nc(-c3ccc4c(c3)c3ccccc3n4-c3cc4c5c(c3)Oc3ccccc3B5c3ccccc3O4)n2)cc1. The molecule has 65 heavy (non-hydrogen) atoms. The van der Waals surface area contributed by atoms with Crippen molar-refractivity contribution < 1.29 is 9.47 Å². The minimum atomic E-state index is 0.00631. The van der Waals surface area contributed by atoms with Gasteiger partial charge in [-0.25, -0.2) is 15.0 Å². The van der Waals surface area contributed by atoms with Crippen molar-refractivity contribution in [3.8, 4) is 68.5 Å². The van der Waals surface area contributed by atoms with Gasteiger partial charge in [-0.3, -0.25) is 0 Å². The maximum Gasteiger partial charge on any atom is 0.260 e. The summed E-state index contributed by atoms with van der Waals surface area (Å²) >= 11 is 0. The molecule has 8 heteroatoms. The number of nitrogens with zero attached hydrogens (tertiary/aromatic N) is 5. The molecule has 0 atom stereocenters. The predicted molar refractivity (Wildman–Crippen MR) is 263 cm³/mol. The van der Waals surface area contributed by atoms with Gasteiger partial charge in [-0.05, 0) is 71.6 Å². The molecule has 0 spiro atoms. The van der Waals surface area contributed by atoms with Crippen LogP contribution in [-0.4, -0.2) is 30.8 Å². The van der Waals surface area contributed by atoms with Crippen molar-refractivity contribution in [1.29, 1.82) is 0 Å². The van der Waals surface area contributed by atoms with Gasteiger partial charge in [-0.15, -0.1) is 0 Å². The van der Waals surface area contributed by atoms with Crippen molar-refractivity contribution in [2.24, 2.45) is 0 Å². The first-order valence-corrected chi connectivity index (χ1v) is 21.9. The number of hydrogen-bond acceptors (Lipinski definition) is 5. The Morgan fingerprint density at radius 1 is 0.323 bits per heavy atom. The van der Waals surface area contributed by atoms with Crippen LogP contribution in [-0.2, 0) is 0 Å². The summed E-state index contributed by atoms with van der Waals surface area (Å²) in [5.41, 5.74) is 12.4. The van der Waals surface area contributed by atoms with Crippen LogP contribution in [0.5, 0.6) is 23.0 Å². The van der Waals surface area contributed by atoms with E-state index in [1.54, 1.807) is 0 Å². The number of hydrogen-bond donors (Lipinski definition) is 0. The third kappa shape index (κ3) is 5.47. The molecule has 7 nitrogen and oxygen atoms in total. The van der Waals surface area contributed by atoms with Crippen LogP contribution in [0.4, 0.5) is 0 Å². The quantitative estimate of drug-likeness (QED) is 0.162. The lowest BCUT2D eigenvalue weighted by atomic mass is 9.35. The van der Waals surface area contributed by atoms with Crippen molar-refractivity contribution >= 4 is 66.7 Å². The fourth-order valence-corrected chi connectivity index (χ4v) is 10.2. The molecule has 0 bridgehead atoms. The van der Waals surface area contributed by atoms with Gasteiger partial charge in [0.15, 0.2) is 17.5 Å². The van der Waals surface area contributed by atoms with Crippen molar-refractivity contribution in [2.75, 3.05) is 0 Å². The van der Waals surface area contributed by atoms with E-state index in [4.69, 9.17) is 24.4 Å². The third-order valence-corrected chi connectivity index (χ3v) is 13.1. The third-order valence-electron chi connectivity index (χ3n) is 13.1. The molecular formula is C57H34BN5O2. The van der Waals surface area contributed by atoms with E-state index < -0.39 is 0 Å². The van der Waals surface area contributed by atoms with Crippen LogP contribution in [0.25, 0.3) is 89.2 Å². The van der Waals surface area contributed by atoms with Crippen LogP contribution in [0.1, 0.15) is 0 Å². The zero-order valence-corrected chi connectivity index (χ0v) is 34.8. The van der Waals surface area contributed by atoms with Crippen LogP contribution < -0.4 is 25.9 Å². The molecule has 0 unspecified atom stereocenters. The first-order chi connectivity index (χ1) is 32.2. The monoisotopic (exact) mass is 831 g/mol. The lowest BCUT2D eigenvalue weighted by Gasteiger charge is -2.33. The van der Waals surface area contributed by atoms with Crippen molar-refractivity contribution in [3.05, 3.63) is 206 Å². The van der Waals surface area contributed by atoms with Gasteiger partial charge in [0, 0.05) is 61.5 Å². The van der Waals surface area contributed by atoms with Crippen LogP contribution >= 0.6 is 0 Å². The summed E-state index contributed by atoms with van der Waals surface area (Å²) in [5.74, 6) is 5.13. The Hall–Kier alpha value is -8.75. The van der Waals surface area contributed by atoms with Gasteiger partial charge in [0.1, 0.15) is 23.0 Å². The minimum absolute atomic E-state index is 0.00631. The largest absolute Gasteiger partial charge is 0.458 e. The normalized spacial score (nSPS) is 12.5. The Morgan fingerprint density at radius 2 is 0.785 bits per heavy atom. The van der Waals surface area contributed by atoms with Crippen molar-refractivity contribution in [2.45, 2.75) is 0 Å². The van der Waals surface area contributed by atoms with Crippen LogP contribution in [0.3, 0.4) is 0 Å². The van der Waals surface area contributed by atoms with E-state index in [-0.39, 0.29) is 6.71 Å². The number of rotatable bonds is 5. The second-order valence-corrected chi connectivity index (χ2v) is 16.7. The van der Waals surface area contributed by atoms with E-state index in [9.17, 15) is 0 Å². The number of ether oxygens (including phenoxy) is 2. The molecule has 12 aromatic rings. The second kappa shape index (κ2) is 13.9. The molecule has 9 aromatic carbocycles. The predicted octanol–water partition coefficient (Wildman–Crippen LogP) is 11.8. The van der Waals surface area contributed by atoms with Gasteiger partial charge in [-0.1, -0.05) is 133 Å². The molecule has 0 saturated heterocycles. The van der Waals surface area contributed by atoms with E-state index in [1.807, 2.05) is 42.5 Å². The van der Waals surface area contributed by atoms with Crippen LogP contribution in [0.15, 0.2) is 206 Å². The molecule has 0 saturated carbocycles. The van der Waals surface area contributed by atoms with E-state index in [1.165, 1.54) is 10.8 Å². The van der Waals surface area contributed by atoms with Crippen molar-refractivity contribution in [3.63, 3.8) is 0 Å². The highest BCUT2D eigenvalue weighted by Gasteiger charge is 2.40. The Bertz CT molecular complexity index is 3810. The van der Waals surface area contributed by atoms with Gasteiger partial charge in [0.05, 0.1) is 27.8 Å². The van der Waals surface area contributed by atoms with Gasteiger partial charge in [-0.2, -0.15) is 0 Å². The smallest absolute Gasteiger partial charge is 0.260 e. The van der Waals surface area contributed by atoms with Gasteiger partial charge < -0.3 is 18.6 Å². The Balaban J connectivity index is 0.929. The highest BCUT2D eigenvalue weighted by Crippen LogP contribution is 2.41. The lowest BCUT2D eigenvalue weighted by molar-refractivity contribution is 0.464. The maximum atomic E-state index is 6.72. The summed E-state index contributed by atoms with van der Waals surface area (Å²) in [6.45, 7) is 0.00631. The zero-order valence-electron chi connectivity index (χ0n) is 34.8. The molecule has 0 fully saturated rings. The molecule has 0 radical (unpaired) electrons. The minimum Gasteiger partial charge on any atom is -0.458 e. The Kier molecular flexibility index (Phi) is 7.65. The summed E-state index contributed by atoms with van der Waals surface area (Å²) in [5, 5.41) is 4.62. The topological polar surface area (TPSA) is 67.0 Å². The molecule has 0 N–H and O–H groups in total. The zero-order chi connectivity index (χ0) is 42.6.